The van der Waals surface area contributed by atoms with Gasteiger partial charge in [0.2, 0.25) is 0 Å². The number of halogens is 2. The minimum atomic E-state index is -0.893. The Morgan fingerprint density at radius 3 is 2.27 bits per heavy atom. The van der Waals surface area contributed by atoms with E-state index >= 15 is 0 Å². The van der Waals surface area contributed by atoms with E-state index in [2.05, 4.69) is 0 Å². The van der Waals surface area contributed by atoms with Crippen molar-refractivity contribution in [1.29, 1.82) is 0 Å². The molecule has 0 fully saturated rings. The van der Waals surface area contributed by atoms with Gasteiger partial charge in [-0.3, -0.25) is 4.79 Å². The summed E-state index contributed by atoms with van der Waals surface area (Å²) in [6.45, 7) is 0. The van der Waals surface area contributed by atoms with Crippen molar-refractivity contribution in [3.63, 3.8) is 0 Å². The fraction of sp³-hybridized carbons (Fsp3) is 0.235. The maximum absolute atomic E-state index is 10.9. The number of aliphatic hydroxyl groups excluding tert-OH is 1. The number of carboxylic acids is 1. The molecule has 0 aliphatic carbocycles. The summed E-state index contributed by atoms with van der Waals surface area (Å²) in [7, 11) is 0. The van der Waals surface area contributed by atoms with E-state index in [1.807, 2.05) is 6.07 Å². The summed E-state index contributed by atoms with van der Waals surface area (Å²) in [4.78, 5) is 10.9. The third-order valence-corrected chi connectivity index (χ3v) is 4.03. The minimum Gasteiger partial charge on any atom is -0.481 e. The lowest BCUT2D eigenvalue weighted by molar-refractivity contribution is -0.137. The average Bonchev–Trinajstić information content (AvgIpc) is 2.48. The van der Waals surface area contributed by atoms with Gasteiger partial charge in [0, 0.05) is 22.4 Å². The van der Waals surface area contributed by atoms with Crippen LogP contribution in [0.25, 0.3) is 0 Å². The smallest absolute Gasteiger partial charge is 0.303 e. The summed E-state index contributed by atoms with van der Waals surface area (Å²) >= 11 is 11.9. The molecule has 116 valence electrons. The number of hydrogen-bond donors (Lipinski definition) is 2. The van der Waals surface area contributed by atoms with Crippen LogP contribution in [0.3, 0.4) is 0 Å². The summed E-state index contributed by atoms with van der Waals surface area (Å²) in [5.41, 5.74) is 1.51. The van der Waals surface area contributed by atoms with Crippen LogP contribution in [-0.2, 0) is 4.79 Å². The first kappa shape index (κ1) is 16.8. The Labute approximate surface area is 139 Å². The van der Waals surface area contributed by atoms with Crippen LogP contribution in [0.1, 0.15) is 36.0 Å². The molecule has 5 heteroatoms. The second kappa shape index (κ2) is 7.63. The molecule has 0 saturated carbocycles. The van der Waals surface area contributed by atoms with E-state index in [1.165, 1.54) is 0 Å². The normalized spacial score (nSPS) is 13.6. The first-order valence-corrected chi connectivity index (χ1v) is 7.64. The Bertz CT molecular complexity index is 641. The van der Waals surface area contributed by atoms with Gasteiger partial charge >= 0.3 is 5.97 Å². The largest absolute Gasteiger partial charge is 0.481 e. The molecule has 0 amide bonds. The van der Waals surface area contributed by atoms with Crippen LogP contribution in [-0.4, -0.2) is 16.2 Å². The van der Waals surface area contributed by atoms with E-state index < -0.39 is 12.1 Å². The molecular formula is C17H16Cl2O3. The van der Waals surface area contributed by atoms with Crippen molar-refractivity contribution in [3.8, 4) is 0 Å². The molecule has 0 aliphatic heterocycles. The zero-order valence-corrected chi connectivity index (χ0v) is 13.3. The Morgan fingerprint density at radius 2 is 1.68 bits per heavy atom. The zero-order chi connectivity index (χ0) is 16.1. The molecule has 2 aromatic carbocycles. The molecule has 2 rings (SSSR count). The summed E-state index contributed by atoms with van der Waals surface area (Å²) in [6.07, 6.45) is -0.531. The van der Waals surface area contributed by atoms with Crippen molar-refractivity contribution in [2.24, 2.45) is 0 Å². The van der Waals surface area contributed by atoms with Gasteiger partial charge < -0.3 is 10.2 Å². The van der Waals surface area contributed by atoms with Gasteiger partial charge in [-0.2, -0.15) is 0 Å². The van der Waals surface area contributed by atoms with Gasteiger partial charge in [0.25, 0.3) is 0 Å². The third kappa shape index (κ3) is 4.47. The number of carboxylic acid groups (broad SMARTS) is 1. The number of aliphatic hydroxyl groups is 1. The van der Waals surface area contributed by atoms with Crippen LogP contribution in [0.15, 0.2) is 48.5 Å². The van der Waals surface area contributed by atoms with Crippen molar-refractivity contribution in [2.45, 2.75) is 24.9 Å². The number of benzene rings is 2. The highest BCUT2D eigenvalue weighted by Crippen LogP contribution is 2.36. The minimum absolute atomic E-state index is 0.0260. The number of rotatable bonds is 6. The lowest BCUT2D eigenvalue weighted by atomic mass is 9.85. The molecule has 0 heterocycles. The van der Waals surface area contributed by atoms with Gasteiger partial charge in [0.15, 0.2) is 0 Å². The van der Waals surface area contributed by atoms with Crippen molar-refractivity contribution >= 4 is 29.2 Å². The number of aliphatic carboxylic acids is 1. The Morgan fingerprint density at radius 1 is 1.00 bits per heavy atom. The van der Waals surface area contributed by atoms with Crippen LogP contribution in [0.5, 0.6) is 0 Å². The lowest BCUT2D eigenvalue weighted by Crippen LogP contribution is -2.13. The fourth-order valence-corrected chi connectivity index (χ4v) is 2.74. The zero-order valence-electron chi connectivity index (χ0n) is 11.7. The van der Waals surface area contributed by atoms with Crippen LogP contribution in [0.2, 0.25) is 10.0 Å². The van der Waals surface area contributed by atoms with Crippen molar-refractivity contribution in [3.05, 3.63) is 69.7 Å². The van der Waals surface area contributed by atoms with Gasteiger partial charge in [-0.1, -0.05) is 47.5 Å². The van der Waals surface area contributed by atoms with Crippen LogP contribution in [0.4, 0.5) is 0 Å². The van der Waals surface area contributed by atoms with E-state index in [4.69, 9.17) is 28.3 Å². The SMILES string of the molecule is O=C(O)CC[C@H](c1cccc(Cl)c1)[C@@H](O)c1ccc(Cl)cc1. The summed E-state index contributed by atoms with van der Waals surface area (Å²) < 4.78 is 0. The molecular weight excluding hydrogens is 323 g/mol. The predicted octanol–water partition coefficient (Wildman–Crippen LogP) is 4.68. The molecule has 0 saturated heterocycles. The topological polar surface area (TPSA) is 57.5 Å². The first-order valence-electron chi connectivity index (χ1n) is 6.88. The second-order valence-corrected chi connectivity index (χ2v) is 5.96. The second-order valence-electron chi connectivity index (χ2n) is 5.09. The molecule has 0 aromatic heterocycles. The monoisotopic (exact) mass is 338 g/mol. The number of carbonyl (C=O) groups is 1. The van der Waals surface area contributed by atoms with E-state index in [0.29, 0.717) is 22.0 Å². The molecule has 0 aliphatic rings. The van der Waals surface area contributed by atoms with Crippen LogP contribution in [0, 0.1) is 0 Å². The summed E-state index contributed by atoms with van der Waals surface area (Å²) in [5.74, 6) is -1.24. The highest BCUT2D eigenvalue weighted by molar-refractivity contribution is 6.30. The van der Waals surface area contributed by atoms with Gasteiger partial charge in [-0.15, -0.1) is 0 Å². The molecule has 0 unspecified atom stereocenters. The molecule has 2 aromatic rings. The summed E-state index contributed by atoms with van der Waals surface area (Å²) in [6, 6.07) is 14.0. The van der Waals surface area contributed by atoms with Crippen molar-refractivity contribution in [1.82, 2.24) is 0 Å². The Balaban J connectivity index is 2.30. The molecule has 0 bridgehead atoms. The lowest BCUT2D eigenvalue weighted by Gasteiger charge is -2.23. The van der Waals surface area contributed by atoms with E-state index in [-0.39, 0.29) is 12.3 Å². The standard InChI is InChI=1S/C17H16Cl2O3/c18-13-6-4-11(5-7-13)17(22)15(8-9-16(20)21)12-2-1-3-14(19)10-12/h1-7,10,15,17,22H,8-9H2,(H,20,21)/t15-,17+/m1/s1. The molecule has 3 nitrogen and oxygen atoms in total. The molecule has 2 atom stereocenters. The average molecular weight is 339 g/mol. The molecule has 2 N–H and O–H groups in total. The van der Waals surface area contributed by atoms with Crippen LogP contribution >= 0.6 is 23.2 Å². The van der Waals surface area contributed by atoms with Gasteiger partial charge in [0.05, 0.1) is 6.10 Å². The Hall–Kier alpha value is -1.55. The number of hydrogen-bond acceptors (Lipinski definition) is 2. The Kier molecular flexibility index (Phi) is 5.83. The van der Waals surface area contributed by atoms with Gasteiger partial charge in [-0.25, -0.2) is 0 Å². The highest BCUT2D eigenvalue weighted by atomic mass is 35.5. The van der Waals surface area contributed by atoms with Crippen molar-refractivity contribution < 1.29 is 15.0 Å². The van der Waals surface area contributed by atoms with Crippen LogP contribution < -0.4 is 0 Å². The maximum Gasteiger partial charge on any atom is 0.303 e. The van der Waals surface area contributed by atoms with E-state index in [0.717, 1.165) is 5.56 Å². The predicted molar refractivity (Wildman–Crippen MR) is 87.5 cm³/mol. The molecule has 22 heavy (non-hydrogen) atoms. The maximum atomic E-state index is 10.9. The van der Waals surface area contributed by atoms with E-state index in [1.54, 1.807) is 42.5 Å². The third-order valence-electron chi connectivity index (χ3n) is 3.54. The highest BCUT2D eigenvalue weighted by Gasteiger charge is 2.23. The van der Waals surface area contributed by atoms with Gasteiger partial charge in [0.1, 0.15) is 0 Å². The fourth-order valence-electron chi connectivity index (χ4n) is 2.42. The van der Waals surface area contributed by atoms with Gasteiger partial charge in [-0.05, 0) is 41.8 Å². The quantitative estimate of drug-likeness (QED) is 0.804. The molecule has 0 radical (unpaired) electrons. The van der Waals surface area contributed by atoms with Crippen molar-refractivity contribution in [2.75, 3.05) is 0 Å². The summed E-state index contributed by atoms with van der Waals surface area (Å²) in [5, 5.41) is 20.7. The first-order chi connectivity index (χ1) is 10.5. The molecule has 0 spiro atoms. The van der Waals surface area contributed by atoms with E-state index in [9.17, 15) is 9.90 Å².